The summed E-state index contributed by atoms with van der Waals surface area (Å²) in [6, 6.07) is 0. The van der Waals surface area contributed by atoms with Crippen LogP contribution in [0.5, 0.6) is 0 Å². The maximum absolute atomic E-state index is 12.9. The fraction of sp³-hybridized carbons (Fsp3) is 0.758. The molecule has 0 aromatic rings. The van der Waals surface area contributed by atoms with Gasteiger partial charge in [0.25, 0.3) is 0 Å². The van der Waals surface area contributed by atoms with Crippen molar-refractivity contribution < 1.29 is 52.2 Å². The Morgan fingerprint density at radius 2 is 0.703 bits per heavy atom. The lowest BCUT2D eigenvalue weighted by Gasteiger charge is -2.21. The molecule has 0 aromatic carbocycles. The van der Waals surface area contributed by atoms with Crippen LogP contribution in [0.25, 0.3) is 0 Å². The third kappa shape index (κ3) is 53.7. The zero-order chi connectivity index (χ0) is 54.1. The Hall–Kier alpha value is -3.08. The molecule has 0 bridgehead atoms. The molecule has 428 valence electrons. The van der Waals surface area contributed by atoms with E-state index in [1.54, 1.807) is 0 Å². The van der Waals surface area contributed by atoms with Crippen LogP contribution in [0, 0.1) is 0 Å². The number of allylic oxidation sites excluding steroid dienone is 12. The van der Waals surface area contributed by atoms with Gasteiger partial charge in [0.2, 0.25) is 0 Å². The van der Waals surface area contributed by atoms with E-state index in [-0.39, 0.29) is 25.9 Å². The number of carbonyl (C=O) groups is 3. The smallest absolute Gasteiger partial charge is 0.462 e. The van der Waals surface area contributed by atoms with Crippen molar-refractivity contribution in [2.24, 2.45) is 0 Å². The number of ether oxygens (including phenoxy) is 3. The molecule has 0 fully saturated rings. The minimum Gasteiger partial charge on any atom is -0.462 e. The predicted molar refractivity (Wildman–Crippen MR) is 307 cm³/mol. The fourth-order valence-corrected chi connectivity index (χ4v) is 8.83. The van der Waals surface area contributed by atoms with E-state index in [4.69, 9.17) is 23.3 Å². The number of phosphoric acid groups is 1. The number of hydrogen-bond acceptors (Lipinski definition) is 10. The first-order chi connectivity index (χ1) is 36.2. The Balaban J connectivity index is 4.72. The number of aliphatic hydroxyl groups is 1. The Labute approximate surface area is 452 Å². The Morgan fingerprint density at radius 1 is 0.392 bits per heavy atom. The topological polar surface area (TPSA) is 155 Å². The average Bonchev–Trinajstić information content (AvgIpc) is 3.39. The second-order valence-corrected chi connectivity index (χ2v) is 21.2. The number of esters is 3. The summed E-state index contributed by atoms with van der Waals surface area (Å²) in [6.45, 7) is 4.48. The molecular formula is C62H109O11P. The Morgan fingerprint density at radius 3 is 1.12 bits per heavy atom. The molecule has 0 aromatic heterocycles. The summed E-state index contributed by atoms with van der Waals surface area (Å²) in [4.78, 5) is 48.6. The third-order valence-corrected chi connectivity index (χ3v) is 13.5. The van der Waals surface area contributed by atoms with Gasteiger partial charge in [-0.05, 0) is 109 Å². The molecule has 0 spiro atoms. The molecule has 11 nitrogen and oxygen atoms in total. The van der Waals surface area contributed by atoms with E-state index in [0.717, 1.165) is 122 Å². The molecule has 12 heteroatoms. The van der Waals surface area contributed by atoms with E-state index in [9.17, 15) is 28.9 Å². The average molecular weight is 1060 g/mol. The van der Waals surface area contributed by atoms with E-state index in [1.165, 1.54) is 83.5 Å². The maximum atomic E-state index is 12.9. The number of unbranched alkanes of at least 4 members (excludes halogenated alkanes) is 26. The molecule has 0 aliphatic carbocycles. The maximum Gasteiger partial charge on any atom is 0.472 e. The molecule has 3 unspecified atom stereocenters. The molecule has 0 aliphatic rings. The van der Waals surface area contributed by atoms with E-state index >= 15 is 0 Å². The quantitative estimate of drug-likeness (QED) is 0.0197. The summed E-state index contributed by atoms with van der Waals surface area (Å²) in [5.74, 6) is -1.49. The van der Waals surface area contributed by atoms with Crippen LogP contribution < -0.4 is 0 Å². The first-order valence-electron chi connectivity index (χ1n) is 29.8. The van der Waals surface area contributed by atoms with Gasteiger partial charge in [0.15, 0.2) is 6.10 Å². The van der Waals surface area contributed by atoms with Crippen LogP contribution in [0.4, 0.5) is 0 Å². The summed E-state index contributed by atoms with van der Waals surface area (Å²) in [7, 11) is -4.76. The molecule has 0 saturated heterocycles. The first-order valence-corrected chi connectivity index (χ1v) is 31.3. The molecule has 3 atom stereocenters. The molecule has 0 amide bonds. The van der Waals surface area contributed by atoms with Crippen molar-refractivity contribution in [3.05, 3.63) is 72.9 Å². The van der Waals surface area contributed by atoms with E-state index in [1.807, 2.05) is 0 Å². The van der Waals surface area contributed by atoms with Gasteiger partial charge in [-0.2, -0.15) is 0 Å². The van der Waals surface area contributed by atoms with Crippen LogP contribution >= 0.6 is 7.82 Å². The lowest BCUT2D eigenvalue weighted by Crippen LogP contribution is -2.30. The van der Waals surface area contributed by atoms with Gasteiger partial charge < -0.3 is 24.2 Å². The SMILES string of the molecule is CC/C=C\C/C=C\C/C=C\CCCCCCCC(=O)OC(CO)COP(=O)(O)OCC(COC(=O)CCCCCCC/C=C\CCCCCC)OC(=O)CCCCCCCCCCC/C=C\C/C=C\CCCCC. The van der Waals surface area contributed by atoms with Gasteiger partial charge in [0.05, 0.1) is 19.8 Å². The number of carbonyl (C=O) groups excluding carboxylic acids is 3. The zero-order valence-corrected chi connectivity index (χ0v) is 48.2. The van der Waals surface area contributed by atoms with Crippen molar-refractivity contribution in [2.45, 2.75) is 277 Å². The lowest BCUT2D eigenvalue weighted by atomic mass is 10.1. The highest BCUT2D eigenvalue weighted by molar-refractivity contribution is 7.47. The Bertz CT molecular complexity index is 1520. The van der Waals surface area contributed by atoms with Crippen molar-refractivity contribution in [3.63, 3.8) is 0 Å². The molecule has 0 heterocycles. The third-order valence-electron chi connectivity index (χ3n) is 12.6. The minimum atomic E-state index is -4.76. The molecule has 0 aliphatic heterocycles. The molecule has 2 N–H and O–H groups in total. The van der Waals surface area contributed by atoms with Gasteiger partial charge in [0, 0.05) is 19.3 Å². The van der Waals surface area contributed by atoms with Crippen LogP contribution in [0.1, 0.15) is 265 Å². The Kier molecular flexibility index (Phi) is 53.8. The van der Waals surface area contributed by atoms with Gasteiger partial charge in [-0.25, -0.2) is 4.57 Å². The van der Waals surface area contributed by atoms with Crippen LogP contribution in [-0.4, -0.2) is 66.5 Å². The molecule has 0 radical (unpaired) electrons. The van der Waals surface area contributed by atoms with Crippen molar-refractivity contribution in [1.82, 2.24) is 0 Å². The normalized spacial score (nSPS) is 13.9. The number of rotatable bonds is 55. The van der Waals surface area contributed by atoms with Gasteiger partial charge in [0.1, 0.15) is 12.7 Å². The van der Waals surface area contributed by atoms with Crippen molar-refractivity contribution in [3.8, 4) is 0 Å². The van der Waals surface area contributed by atoms with Crippen LogP contribution in [0.2, 0.25) is 0 Å². The second kappa shape index (κ2) is 56.1. The van der Waals surface area contributed by atoms with Crippen molar-refractivity contribution in [1.29, 1.82) is 0 Å². The standard InChI is InChI=1S/C62H109O11P/c1-4-7-10-13-16-19-22-25-27-28-29-30-32-35-38-41-44-47-50-53-62(66)73-59(55-69-60(64)51-48-45-42-39-36-33-24-21-18-15-12-9-6-3)57-71-74(67,68)70-56-58(54-63)72-61(65)52-49-46-43-40-37-34-31-26-23-20-17-14-11-8-5-2/h8,11,16-17,19-21,24-27,31,58-59,63H,4-7,9-10,12-15,18,22-23,28-30,32-57H2,1-3H3,(H,67,68)/b11-8-,19-16-,20-17-,24-21-,27-25-,31-26-. The fourth-order valence-electron chi connectivity index (χ4n) is 8.04. The monoisotopic (exact) mass is 1060 g/mol. The summed E-state index contributed by atoms with van der Waals surface area (Å²) in [5, 5.41) is 9.82. The summed E-state index contributed by atoms with van der Waals surface area (Å²) in [6.07, 6.45) is 62.8. The largest absolute Gasteiger partial charge is 0.472 e. The van der Waals surface area contributed by atoms with Gasteiger partial charge in [-0.3, -0.25) is 23.4 Å². The van der Waals surface area contributed by atoms with Gasteiger partial charge in [-0.1, -0.05) is 209 Å². The van der Waals surface area contributed by atoms with E-state index < -0.39 is 57.8 Å². The minimum absolute atomic E-state index is 0.156. The highest BCUT2D eigenvalue weighted by atomic mass is 31.2. The van der Waals surface area contributed by atoms with E-state index in [0.29, 0.717) is 19.3 Å². The van der Waals surface area contributed by atoms with Gasteiger partial charge in [-0.15, -0.1) is 0 Å². The predicted octanol–water partition coefficient (Wildman–Crippen LogP) is 17.7. The number of hydrogen-bond donors (Lipinski definition) is 2. The lowest BCUT2D eigenvalue weighted by molar-refractivity contribution is -0.161. The molecule has 74 heavy (non-hydrogen) atoms. The van der Waals surface area contributed by atoms with Crippen LogP contribution in [0.15, 0.2) is 72.9 Å². The number of phosphoric ester groups is 1. The van der Waals surface area contributed by atoms with Crippen LogP contribution in [-0.2, 0) is 42.2 Å². The molecule has 0 rings (SSSR count). The van der Waals surface area contributed by atoms with Crippen molar-refractivity contribution in [2.75, 3.05) is 26.4 Å². The summed E-state index contributed by atoms with van der Waals surface area (Å²) >= 11 is 0. The van der Waals surface area contributed by atoms with E-state index in [2.05, 4.69) is 93.7 Å². The van der Waals surface area contributed by atoms with Crippen LogP contribution in [0.3, 0.4) is 0 Å². The zero-order valence-electron chi connectivity index (χ0n) is 47.3. The highest BCUT2D eigenvalue weighted by Crippen LogP contribution is 2.43. The molecular weight excluding hydrogens is 952 g/mol. The van der Waals surface area contributed by atoms with Crippen molar-refractivity contribution >= 4 is 25.7 Å². The summed E-state index contributed by atoms with van der Waals surface area (Å²) in [5.41, 5.74) is 0. The highest BCUT2D eigenvalue weighted by Gasteiger charge is 2.28. The molecule has 0 saturated carbocycles. The number of aliphatic hydroxyl groups excluding tert-OH is 1. The van der Waals surface area contributed by atoms with Gasteiger partial charge >= 0.3 is 25.7 Å². The summed E-state index contributed by atoms with van der Waals surface area (Å²) < 4.78 is 39.5. The second-order valence-electron chi connectivity index (χ2n) is 19.8. The first kappa shape index (κ1) is 70.9.